The molecule has 3 atom stereocenters. The van der Waals surface area contributed by atoms with Gasteiger partial charge < -0.3 is 10.1 Å². The maximum Gasteiger partial charge on any atom is 0.320 e. The number of fused-ring (bicyclic) bond motifs is 1. The first-order valence-corrected chi connectivity index (χ1v) is 13.4. The molecule has 2 unspecified atom stereocenters. The van der Waals surface area contributed by atoms with Gasteiger partial charge in [0.2, 0.25) is 0 Å². The van der Waals surface area contributed by atoms with Crippen molar-refractivity contribution in [3.8, 4) is 23.2 Å². The van der Waals surface area contributed by atoms with Gasteiger partial charge in [0, 0.05) is 17.8 Å². The van der Waals surface area contributed by atoms with Crippen LogP contribution in [-0.2, 0) is 0 Å². The van der Waals surface area contributed by atoms with Crippen molar-refractivity contribution in [3.05, 3.63) is 54.2 Å². The number of hydrogen-bond acceptors (Lipinski definition) is 7. The lowest BCUT2D eigenvalue weighted by molar-refractivity contribution is 0.0737. The van der Waals surface area contributed by atoms with E-state index in [2.05, 4.69) is 31.8 Å². The summed E-state index contributed by atoms with van der Waals surface area (Å²) in [5, 5.41) is 21.2. The standard InChI is InChI=1S/C28H32F2N8O/c1-18-26(35-36-38(18)22-10-6-4-3-5-9-21(15-22)33-16-31)20-13-24-27(37(17-34-24)28(29)30)25(14-20)39-19(2)23-11-7-8-12-32-23/h7-8,11-14,17,19,21-22,28,33H,3-6,9-10,15H2,1-2H3/t19-,21?,22?/m1/s1. The third-order valence-electron chi connectivity index (χ3n) is 7.46. The minimum Gasteiger partial charge on any atom is -0.482 e. The third kappa shape index (κ3) is 5.70. The van der Waals surface area contributed by atoms with Crippen LogP contribution >= 0.6 is 0 Å². The molecule has 1 fully saturated rings. The number of benzene rings is 1. The predicted octanol–water partition coefficient (Wildman–Crippen LogP) is 6.26. The summed E-state index contributed by atoms with van der Waals surface area (Å²) in [6, 6.07) is 9.16. The smallest absolute Gasteiger partial charge is 0.320 e. The lowest BCUT2D eigenvalue weighted by atomic mass is 10.0. The van der Waals surface area contributed by atoms with E-state index in [-0.39, 0.29) is 23.3 Å². The first kappa shape index (κ1) is 26.5. The number of alkyl halides is 2. The number of aromatic nitrogens is 6. The first-order valence-electron chi connectivity index (χ1n) is 13.4. The van der Waals surface area contributed by atoms with Gasteiger partial charge in [0.25, 0.3) is 0 Å². The van der Waals surface area contributed by atoms with Crippen molar-refractivity contribution in [1.82, 2.24) is 34.8 Å². The highest BCUT2D eigenvalue weighted by atomic mass is 19.3. The van der Waals surface area contributed by atoms with Crippen LogP contribution in [0.5, 0.6) is 5.75 Å². The van der Waals surface area contributed by atoms with Crippen molar-refractivity contribution in [2.75, 3.05) is 0 Å². The zero-order chi connectivity index (χ0) is 27.4. The Morgan fingerprint density at radius 3 is 2.69 bits per heavy atom. The average molecular weight is 535 g/mol. The summed E-state index contributed by atoms with van der Waals surface area (Å²) in [6.07, 6.45) is 11.6. The molecule has 1 N–H and O–H groups in total. The highest BCUT2D eigenvalue weighted by molar-refractivity contribution is 5.87. The minimum atomic E-state index is -2.77. The van der Waals surface area contributed by atoms with E-state index in [1.807, 2.05) is 36.7 Å². The van der Waals surface area contributed by atoms with Crippen molar-refractivity contribution in [2.45, 2.75) is 83.5 Å². The van der Waals surface area contributed by atoms with Gasteiger partial charge in [0.15, 0.2) is 6.19 Å². The second-order valence-corrected chi connectivity index (χ2v) is 10.1. The Hall–Kier alpha value is -4.07. The maximum absolute atomic E-state index is 13.8. The van der Waals surface area contributed by atoms with E-state index < -0.39 is 12.7 Å². The largest absolute Gasteiger partial charge is 0.482 e. The van der Waals surface area contributed by atoms with Crippen molar-refractivity contribution in [2.24, 2.45) is 0 Å². The zero-order valence-corrected chi connectivity index (χ0v) is 22.1. The lowest BCUT2D eigenvalue weighted by Gasteiger charge is -2.22. The Morgan fingerprint density at radius 1 is 1.13 bits per heavy atom. The highest BCUT2D eigenvalue weighted by Gasteiger charge is 2.25. The molecule has 3 heterocycles. The van der Waals surface area contributed by atoms with E-state index >= 15 is 0 Å². The predicted molar refractivity (Wildman–Crippen MR) is 142 cm³/mol. The molecule has 0 spiro atoms. The van der Waals surface area contributed by atoms with Crippen LogP contribution in [0.2, 0.25) is 0 Å². The van der Waals surface area contributed by atoms with Gasteiger partial charge in [0.1, 0.15) is 29.4 Å². The third-order valence-corrected chi connectivity index (χ3v) is 7.46. The molecule has 9 nitrogen and oxygen atoms in total. The van der Waals surface area contributed by atoms with E-state index in [1.54, 1.807) is 18.3 Å². The molecule has 1 saturated carbocycles. The van der Waals surface area contributed by atoms with Gasteiger partial charge in [-0.25, -0.2) is 9.67 Å². The van der Waals surface area contributed by atoms with Crippen LogP contribution in [0.25, 0.3) is 22.3 Å². The van der Waals surface area contributed by atoms with Crippen LogP contribution in [-0.4, -0.2) is 35.6 Å². The molecule has 0 radical (unpaired) electrons. The molecule has 3 aromatic heterocycles. The fourth-order valence-corrected chi connectivity index (χ4v) is 5.46. The molecule has 1 aromatic carbocycles. The molecule has 5 rings (SSSR count). The van der Waals surface area contributed by atoms with E-state index in [9.17, 15) is 14.0 Å². The number of pyridine rings is 1. The number of hydrogen-bond donors (Lipinski definition) is 1. The number of nitriles is 1. The van der Waals surface area contributed by atoms with E-state index in [0.717, 1.165) is 61.5 Å². The normalized spacial score (nSPS) is 19.2. The molecule has 1 aliphatic carbocycles. The van der Waals surface area contributed by atoms with E-state index in [4.69, 9.17) is 4.74 Å². The highest BCUT2D eigenvalue weighted by Crippen LogP contribution is 2.37. The summed E-state index contributed by atoms with van der Waals surface area (Å²) in [6.45, 7) is 1.02. The summed E-state index contributed by atoms with van der Waals surface area (Å²) in [5.41, 5.74) is 3.47. The number of imidazole rings is 1. The molecule has 0 saturated heterocycles. The fourth-order valence-electron chi connectivity index (χ4n) is 5.46. The van der Waals surface area contributed by atoms with Gasteiger partial charge in [-0.05, 0) is 57.4 Å². The van der Waals surface area contributed by atoms with Crippen molar-refractivity contribution in [1.29, 1.82) is 5.26 Å². The Labute approximate surface area is 225 Å². The van der Waals surface area contributed by atoms with Crippen molar-refractivity contribution < 1.29 is 13.5 Å². The Bertz CT molecular complexity index is 1450. The van der Waals surface area contributed by atoms with Gasteiger partial charge in [-0.3, -0.25) is 9.55 Å². The molecule has 0 amide bonds. The number of halogens is 2. The summed E-state index contributed by atoms with van der Waals surface area (Å²) in [7, 11) is 0. The monoisotopic (exact) mass is 534 g/mol. The zero-order valence-electron chi connectivity index (χ0n) is 22.1. The van der Waals surface area contributed by atoms with Crippen molar-refractivity contribution in [3.63, 3.8) is 0 Å². The van der Waals surface area contributed by atoms with Crippen LogP contribution < -0.4 is 10.1 Å². The molecule has 0 bridgehead atoms. The molecule has 204 valence electrons. The second-order valence-electron chi connectivity index (χ2n) is 10.1. The Morgan fingerprint density at radius 2 is 1.95 bits per heavy atom. The van der Waals surface area contributed by atoms with E-state index in [0.29, 0.717) is 22.5 Å². The molecule has 1 aliphatic rings. The molecule has 0 aliphatic heterocycles. The van der Waals surface area contributed by atoms with Crippen LogP contribution in [0.3, 0.4) is 0 Å². The summed E-state index contributed by atoms with van der Waals surface area (Å²) < 4.78 is 36.7. The second kappa shape index (κ2) is 11.8. The van der Waals surface area contributed by atoms with E-state index in [1.165, 1.54) is 0 Å². The topological polar surface area (TPSA) is 106 Å². The first-order chi connectivity index (χ1) is 19.0. The van der Waals surface area contributed by atoms with Crippen LogP contribution in [0.15, 0.2) is 42.9 Å². The fraction of sp³-hybridized carbons (Fsp3) is 0.464. The number of ether oxygens (including phenoxy) is 1. The number of rotatable bonds is 7. The molecular formula is C28H32F2N8O. The summed E-state index contributed by atoms with van der Waals surface area (Å²) >= 11 is 0. The summed E-state index contributed by atoms with van der Waals surface area (Å²) in [5.74, 6) is 0.271. The molecule has 4 aromatic rings. The molecule has 11 heteroatoms. The van der Waals surface area contributed by atoms with Crippen molar-refractivity contribution >= 4 is 11.0 Å². The molecular weight excluding hydrogens is 502 g/mol. The number of nitrogens with zero attached hydrogens (tertiary/aromatic N) is 7. The van der Waals surface area contributed by atoms with Crippen LogP contribution in [0, 0.1) is 18.4 Å². The van der Waals surface area contributed by atoms with Gasteiger partial charge >= 0.3 is 6.55 Å². The maximum atomic E-state index is 13.8. The average Bonchev–Trinajstić information content (AvgIpc) is 3.56. The van der Waals surface area contributed by atoms with Gasteiger partial charge in [-0.2, -0.15) is 14.0 Å². The quantitative estimate of drug-likeness (QED) is 0.220. The summed E-state index contributed by atoms with van der Waals surface area (Å²) in [4.78, 5) is 8.59. The number of nitrogens with one attached hydrogen (secondary N) is 1. The van der Waals surface area contributed by atoms with Gasteiger partial charge in [-0.1, -0.05) is 37.0 Å². The SMILES string of the molecule is Cc1c(-c2cc(O[C@H](C)c3ccccn3)c3c(c2)ncn3C(F)F)nnn1C1CCCCCCC(NC#N)C1. The van der Waals surface area contributed by atoms with Gasteiger partial charge in [-0.15, -0.1) is 5.10 Å². The van der Waals surface area contributed by atoms with Gasteiger partial charge in [0.05, 0.1) is 22.9 Å². The minimum absolute atomic E-state index is 0.0906. The lowest BCUT2D eigenvalue weighted by Crippen LogP contribution is -2.29. The Kier molecular flexibility index (Phi) is 8.00. The van der Waals surface area contributed by atoms with Crippen LogP contribution in [0.1, 0.15) is 82.0 Å². The van der Waals surface area contributed by atoms with Crippen LogP contribution in [0.4, 0.5) is 8.78 Å². The Balaban J connectivity index is 1.52. The molecule has 39 heavy (non-hydrogen) atoms.